The minimum absolute atomic E-state index is 0.108. The third-order valence-electron chi connectivity index (χ3n) is 3.64. The highest BCUT2D eigenvalue weighted by atomic mass is 16.5. The van der Waals surface area contributed by atoms with Crippen molar-refractivity contribution in [3.8, 4) is 0 Å². The van der Waals surface area contributed by atoms with Crippen molar-refractivity contribution < 1.29 is 19.4 Å². The van der Waals surface area contributed by atoms with Crippen LogP contribution in [0.5, 0.6) is 0 Å². The lowest BCUT2D eigenvalue weighted by Crippen LogP contribution is -2.31. The third-order valence-corrected chi connectivity index (χ3v) is 3.64. The molecule has 0 amide bonds. The Morgan fingerprint density at radius 3 is 2.41 bits per heavy atom. The van der Waals surface area contributed by atoms with Gasteiger partial charge in [0.25, 0.3) is 0 Å². The number of carbonyl (C=O) groups excluding carboxylic acids is 1. The van der Waals surface area contributed by atoms with Gasteiger partial charge in [0.05, 0.1) is 24.2 Å². The van der Waals surface area contributed by atoms with E-state index in [0.717, 1.165) is 0 Å². The van der Waals surface area contributed by atoms with Crippen LogP contribution in [0.2, 0.25) is 0 Å². The molecule has 1 unspecified atom stereocenters. The molecule has 2 rings (SSSR count). The van der Waals surface area contributed by atoms with Crippen LogP contribution in [0.25, 0.3) is 0 Å². The molecule has 0 bridgehead atoms. The van der Waals surface area contributed by atoms with E-state index < -0.39 is 17.9 Å². The van der Waals surface area contributed by atoms with E-state index in [1.54, 1.807) is 38.1 Å². The smallest absolute Gasteiger partial charge is 0.336 e. The second-order valence-corrected chi connectivity index (χ2v) is 5.10. The molecule has 0 fully saturated rings. The van der Waals surface area contributed by atoms with Crippen molar-refractivity contribution in [2.45, 2.75) is 19.8 Å². The number of methoxy groups -OCH3 is 1. The number of ether oxygens (including phenoxy) is 1. The van der Waals surface area contributed by atoms with Gasteiger partial charge in [-0.25, -0.2) is 9.59 Å². The summed E-state index contributed by atoms with van der Waals surface area (Å²) < 4.78 is 4.82. The molecule has 1 aromatic carbocycles. The van der Waals surface area contributed by atoms with E-state index in [-0.39, 0.29) is 11.1 Å². The van der Waals surface area contributed by atoms with E-state index in [1.165, 1.54) is 7.11 Å². The first-order chi connectivity index (χ1) is 10.4. The summed E-state index contributed by atoms with van der Waals surface area (Å²) in [4.78, 5) is 23.8. The zero-order valence-electron chi connectivity index (χ0n) is 12.6. The summed E-state index contributed by atoms with van der Waals surface area (Å²) in [5.74, 6) is -2.38. The Morgan fingerprint density at radius 2 is 1.86 bits per heavy atom. The number of rotatable bonds is 3. The molecule has 1 aliphatic heterocycles. The van der Waals surface area contributed by atoms with Crippen LogP contribution < -0.4 is 11.1 Å². The van der Waals surface area contributed by atoms with Crippen LogP contribution in [0.3, 0.4) is 0 Å². The standard InChI is InChI=1S/C16H18N2O4/c1-8-12(15(19)20)14(10-5-4-6-11(17)7-10)13(9(2)18-8)16(21)22-3/h4-7,14,18H,17H2,1-3H3,(H,19,20). The molecule has 0 aromatic heterocycles. The van der Waals surface area contributed by atoms with Gasteiger partial charge in [-0.2, -0.15) is 0 Å². The fourth-order valence-electron chi connectivity index (χ4n) is 2.73. The maximum atomic E-state index is 12.2. The fourth-order valence-corrected chi connectivity index (χ4v) is 2.73. The van der Waals surface area contributed by atoms with Gasteiger partial charge in [0.15, 0.2) is 0 Å². The van der Waals surface area contributed by atoms with Crippen molar-refractivity contribution in [1.82, 2.24) is 5.32 Å². The topological polar surface area (TPSA) is 102 Å². The van der Waals surface area contributed by atoms with Crippen LogP contribution >= 0.6 is 0 Å². The average molecular weight is 302 g/mol. The van der Waals surface area contributed by atoms with Crippen molar-refractivity contribution in [1.29, 1.82) is 0 Å². The van der Waals surface area contributed by atoms with Crippen molar-refractivity contribution in [2.24, 2.45) is 0 Å². The summed E-state index contributed by atoms with van der Waals surface area (Å²) in [6, 6.07) is 6.85. The number of carbonyl (C=O) groups is 2. The van der Waals surface area contributed by atoms with E-state index in [2.05, 4.69) is 5.32 Å². The zero-order chi connectivity index (χ0) is 16.4. The maximum absolute atomic E-state index is 12.2. The summed E-state index contributed by atoms with van der Waals surface area (Å²) in [5.41, 5.74) is 8.38. The number of nitrogen functional groups attached to an aromatic ring is 1. The number of esters is 1. The van der Waals surface area contributed by atoms with Gasteiger partial charge in [-0.05, 0) is 31.5 Å². The molecule has 1 aliphatic rings. The minimum atomic E-state index is -1.09. The quantitative estimate of drug-likeness (QED) is 0.581. The first-order valence-electron chi connectivity index (χ1n) is 6.72. The molecule has 0 saturated carbocycles. The van der Waals surface area contributed by atoms with Crippen molar-refractivity contribution in [2.75, 3.05) is 12.8 Å². The predicted molar refractivity (Wildman–Crippen MR) is 81.8 cm³/mol. The van der Waals surface area contributed by atoms with Crippen LogP contribution in [-0.2, 0) is 14.3 Å². The highest BCUT2D eigenvalue weighted by Gasteiger charge is 2.36. The number of anilines is 1. The van der Waals surface area contributed by atoms with Crippen LogP contribution in [0.15, 0.2) is 46.8 Å². The molecule has 116 valence electrons. The lowest BCUT2D eigenvalue weighted by atomic mass is 9.80. The second kappa shape index (κ2) is 5.93. The van der Waals surface area contributed by atoms with Gasteiger partial charge in [-0.3, -0.25) is 0 Å². The highest BCUT2D eigenvalue weighted by Crippen LogP contribution is 2.39. The number of hydrogen-bond donors (Lipinski definition) is 3. The zero-order valence-corrected chi connectivity index (χ0v) is 12.6. The Balaban J connectivity index is 2.70. The molecule has 1 heterocycles. The molecule has 1 aromatic rings. The number of carboxylic acid groups (broad SMARTS) is 1. The number of allylic oxidation sites excluding steroid dienone is 2. The van der Waals surface area contributed by atoms with Gasteiger partial charge in [0, 0.05) is 17.1 Å². The summed E-state index contributed by atoms with van der Waals surface area (Å²) in [5, 5.41) is 12.5. The highest BCUT2D eigenvalue weighted by molar-refractivity contribution is 5.99. The Labute approximate surface area is 128 Å². The molecule has 0 saturated heterocycles. The van der Waals surface area contributed by atoms with E-state index in [0.29, 0.717) is 22.6 Å². The van der Waals surface area contributed by atoms with Crippen LogP contribution in [0.4, 0.5) is 5.69 Å². The Hall–Kier alpha value is -2.76. The molecular weight excluding hydrogens is 284 g/mol. The van der Waals surface area contributed by atoms with E-state index >= 15 is 0 Å². The second-order valence-electron chi connectivity index (χ2n) is 5.10. The monoisotopic (exact) mass is 302 g/mol. The molecule has 22 heavy (non-hydrogen) atoms. The predicted octanol–water partition coefficient (Wildman–Crippen LogP) is 1.76. The molecular formula is C16H18N2O4. The summed E-state index contributed by atoms with van der Waals surface area (Å²) in [6.07, 6.45) is 0. The number of dihydropyridines is 1. The first kappa shape index (κ1) is 15.6. The summed E-state index contributed by atoms with van der Waals surface area (Å²) in [6.45, 7) is 3.38. The molecule has 1 atom stereocenters. The first-order valence-corrected chi connectivity index (χ1v) is 6.72. The molecule has 6 heteroatoms. The lowest BCUT2D eigenvalue weighted by Gasteiger charge is -2.29. The van der Waals surface area contributed by atoms with E-state index in [1.807, 2.05) is 0 Å². The summed E-state index contributed by atoms with van der Waals surface area (Å²) >= 11 is 0. The molecule has 0 aliphatic carbocycles. The summed E-state index contributed by atoms with van der Waals surface area (Å²) in [7, 11) is 1.27. The van der Waals surface area contributed by atoms with E-state index in [9.17, 15) is 14.7 Å². The largest absolute Gasteiger partial charge is 0.478 e. The fraction of sp³-hybridized carbons (Fsp3) is 0.250. The van der Waals surface area contributed by atoms with Gasteiger partial charge < -0.3 is 20.9 Å². The average Bonchev–Trinajstić information content (AvgIpc) is 2.45. The number of hydrogen-bond acceptors (Lipinski definition) is 5. The van der Waals surface area contributed by atoms with Crippen LogP contribution in [0, 0.1) is 0 Å². The van der Waals surface area contributed by atoms with Gasteiger partial charge in [-0.1, -0.05) is 12.1 Å². The van der Waals surface area contributed by atoms with Gasteiger partial charge >= 0.3 is 11.9 Å². The third kappa shape index (κ3) is 2.67. The molecule has 4 N–H and O–H groups in total. The van der Waals surface area contributed by atoms with Gasteiger partial charge in [0.1, 0.15) is 0 Å². The van der Waals surface area contributed by atoms with Gasteiger partial charge in [0.2, 0.25) is 0 Å². The molecule has 0 radical (unpaired) electrons. The number of carboxylic acids is 1. The van der Waals surface area contributed by atoms with Crippen LogP contribution in [-0.4, -0.2) is 24.2 Å². The van der Waals surface area contributed by atoms with Crippen molar-refractivity contribution in [3.05, 3.63) is 52.4 Å². The number of aliphatic carboxylic acids is 1. The number of nitrogens with two attached hydrogens (primary N) is 1. The van der Waals surface area contributed by atoms with Crippen molar-refractivity contribution >= 4 is 17.6 Å². The maximum Gasteiger partial charge on any atom is 0.336 e. The molecule has 6 nitrogen and oxygen atoms in total. The number of benzene rings is 1. The minimum Gasteiger partial charge on any atom is -0.478 e. The molecule has 0 spiro atoms. The number of nitrogens with one attached hydrogen (secondary N) is 1. The SMILES string of the molecule is COC(=O)C1=C(C)NC(C)=C(C(=O)O)C1c1cccc(N)c1. The Morgan fingerprint density at radius 1 is 1.23 bits per heavy atom. The van der Waals surface area contributed by atoms with Gasteiger partial charge in [-0.15, -0.1) is 0 Å². The normalized spacial score (nSPS) is 18.0. The van der Waals surface area contributed by atoms with Crippen molar-refractivity contribution in [3.63, 3.8) is 0 Å². The Bertz CT molecular complexity index is 704. The lowest BCUT2D eigenvalue weighted by molar-refractivity contribution is -0.136. The van der Waals surface area contributed by atoms with Crippen LogP contribution in [0.1, 0.15) is 25.3 Å². The Kier molecular flexibility index (Phi) is 4.21. The van der Waals surface area contributed by atoms with E-state index in [4.69, 9.17) is 10.5 Å².